The van der Waals surface area contributed by atoms with Crippen molar-refractivity contribution in [3.05, 3.63) is 73.8 Å². The van der Waals surface area contributed by atoms with Crippen molar-refractivity contribution in [1.29, 1.82) is 0 Å². The van der Waals surface area contributed by atoms with Gasteiger partial charge in [-0.25, -0.2) is 14.2 Å². The summed E-state index contributed by atoms with van der Waals surface area (Å²) in [4.78, 5) is 143. The highest BCUT2D eigenvalue weighted by atomic mass is 19.1. The molecule has 0 radical (unpaired) electrons. The predicted molar refractivity (Wildman–Crippen MR) is 315 cm³/mol. The monoisotopic (exact) mass is 1190 g/mol. The lowest BCUT2D eigenvalue weighted by molar-refractivity contribution is -0.172. The van der Waals surface area contributed by atoms with Crippen molar-refractivity contribution in [2.75, 3.05) is 19.6 Å². The van der Waals surface area contributed by atoms with Crippen molar-refractivity contribution in [2.45, 2.75) is 207 Å². The van der Waals surface area contributed by atoms with Crippen LogP contribution in [-0.2, 0) is 73.1 Å². The molecule has 7 N–H and O–H groups in total. The summed E-state index contributed by atoms with van der Waals surface area (Å²) in [5.74, 6) is -5.79. The third kappa shape index (κ3) is 13.6. The van der Waals surface area contributed by atoms with E-state index in [1.807, 2.05) is 0 Å². The molecular formula is C63H84FN9O13. The van der Waals surface area contributed by atoms with Crippen LogP contribution in [0.3, 0.4) is 0 Å². The van der Waals surface area contributed by atoms with Crippen LogP contribution in [0.25, 0.3) is 22.3 Å². The molecule has 1 fully saturated rings. The van der Waals surface area contributed by atoms with E-state index in [1.54, 1.807) is 73.3 Å². The van der Waals surface area contributed by atoms with Crippen LogP contribution in [0, 0.1) is 30.5 Å². The van der Waals surface area contributed by atoms with E-state index in [4.69, 9.17) is 9.72 Å². The predicted octanol–water partition coefficient (Wildman–Crippen LogP) is 4.35. The zero-order valence-corrected chi connectivity index (χ0v) is 51.1. The van der Waals surface area contributed by atoms with Crippen molar-refractivity contribution in [3.8, 4) is 11.4 Å². The average Bonchev–Trinajstić information content (AvgIpc) is 1.45. The first-order valence-corrected chi connectivity index (χ1v) is 30.3. The van der Waals surface area contributed by atoms with Crippen LogP contribution in [0.5, 0.6) is 0 Å². The zero-order valence-electron chi connectivity index (χ0n) is 51.1. The van der Waals surface area contributed by atoms with Gasteiger partial charge < -0.3 is 51.0 Å². The SMILES string of the molecule is CCC(=O)N(CCC(C)(C)O)C(C)(C)CC(=O)NCCCC[C@H](NC(=O)C1CCC(CN2C(=O)C=CC2=O)CC1)C(=O)N[C@H](C(=O)N[C@@H](C)C(=O)NC1CCc2c(C)c(F)cc3nc4c(c1c23)Cn1c-4cc2c(c1=O)COC(=O)[C@]2(O)CC)C(C)C. The maximum absolute atomic E-state index is 15.6. The quantitative estimate of drug-likeness (QED) is 0.0292. The van der Waals surface area contributed by atoms with Gasteiger partial charge in [0.25, 0.3) is 17.4 Å². The van der Waals surface area contributed by atoms with Gasteiger partial charge in [-0.1, -0.05) is 27.7 Å². The first-order chi connectivity index (χ1) is 40.5. The van der Waals surface area contributed by atoms with Crippen LogP contribution < -0.4 is 32.1 Å². The molecule has 3 aromatic rings. The number of nitrogens with zero attached hydrogens (tertiary/aromatic N) is 4. The van der Waals surface area contributed by atoms with Crippen LogP contribution in [0.15, 0.2) is 29.1 Å². The minimum atomic E-state index is -2.08. The lowest BCUT2D eigenvalue weighted by Crippen LogP contribution is -2.58. The Morgan fingerprint density at radius 2 is 1.57 bits per heavy atom. The summed E-state index contributed by atoms with van der Waals surface area (Å²) >= 11 is 0. The number of nitrogens with one attached hydrogen (secondary N) is 5. The van der Waals surface area contributed by atoms with E-state index in [0.29, 0.717) is 96.8 Å². The summed E-state index contributed by atoms with van der Waals surface area (Å²) < 4.78 is 22.4. The fourth-order valence-electron chi connectivity index (χ4n) is 12.8. The summed E-state index contributed by atoms with van der Waals surface area (Å²) in [6.45, 7) is 17.3. The topological polar surface area (TPSA) is 305 Å². The number of hydrogen-bond donors (Lipinski definition) is 7. The number of pyridine rings is 2. The number of amides is 8. The van der Waals surface area contributed by atoms with E-state index in [9.17, 15) is 58.2 Å². The van der Waals surface area contributed by atoms with Gasteiger partial charge in [-0.15, -0.1) is 0 Å². The second-order valence-electron chi connectivity index (χ2n) is 25.6. The standard InChI is InChI=1S/C63H84FN9O13/c1-11-48(75)73(26-24-62(9,10)84)61(7,8)29-47(74)65-25-14-13-15-44(69-56(79)37-18-16-36(17-19-37)30-72-49(76)22-23-50(72)77)57(80)70-53(33(3)4)58(81)66-35(6)55(78)68-43-21-20-38-34(5)42(64)28-45-51(38)52(43)39-31-71-46(54(39)67-45)27-41-40(59(71)82)32-86-60(83)63(41,85)12-2/h22-23,27-28,33,35-37,43-44,53,84-85H,11-21,24-26,29-32H2,1-10H3,(H,65,74)(H,66,81)(H,68,78)(H,69,79)(H,70,80)/t35-,36?,37?,43?,44-,53-,63-/m0/s1. The van der Waals surface area contributed by atoms with E-state index in [-0.39, 0.29) is 111 Å². The van der Waals surface area contributed by atoms with E-state index >= 15 is 4.39 Å². The van der Waals surface area contributed by atoms with Crippen molar-refractivity contribution in [1.82, 2.24) is 45.9 Å². The summed E-state index contributed by atoms with van der Waals surface area (Å²) in [5, 5.41) is 37.1. The fourth-order valence-corrected chi connectivity index (χ4v) is 12.8. The molecule has 8 amide bonds. The number of unbranched alkanes of at least 4 members (excludes halogenated alkanes) is 1. The number of aryl methyl sites for hydroxylation is 1. The highest BCUT2D eigenvalue weighted by Crippen LogP contribution is 2.46. The van der Waals surface area contributed by atoms with Gasteiger partial charge in [0.2, 0.25) is 35.4 Å². The average molecular weight is 1190 g/mol. The van der Waals surface area contributed by atoms with Gasteiger partial charge in [-0.2, -0.15) is 0 Å². The van der Waals surface area contributed by atoms with E-state index in [0.717, 1.165) is 0 Å². The van der Waals surface area contributed by atoms with Crippen LogP contribution >= 0.6 is 0 Å². The molecule has 2 aliphatic carbocycles. The van der Waals surface area contributed by atoms with Crippen LogP contribution in [0.4, 0.5) is 4.39 Å². The van der Waals surface area contributed by atoms with Gasteiger partial charge >= 0.3 is 5.97 Å². The Bertz CT molecular complexity index is 3300. The molecule has 2 aromatic heterocycles. The van der Waals surface area contributed by atoms with E-state index in [1.165, 1.54) is 34.6 Å². The van der Waals surface area contributed by atoms with Crippen molar-refractivity contribution in [2.24, 2.45) is 17.8 Å². The maximum atomic E-state index is 15.6. The van der Waals surface area contributed by atoms with Crippen LogP contribution in [-0.4, -0.2) is 132 Å². The lowest BCUT2D eigenvalue weighted by atomic mass is 9.81. The Morgan fingerprint density at radius 3 is 2.21 bits per heavy atom. The molecule has 1 aromatic carbocycles. The van der Waals surface area contributed by atoms with Crippen molar-refractivity contribution < 1.29 is 62.5 Å². The molecule has 23 heteroatoms. The number of fused-ring (bicyclic) bond motifs is 5. The number of rotatable bonds is 24. The number of aromatic nitrogens is 2. The van der Waals surface area contributed by atoms with Gasteiger partial charge in [0.15, 0.2) is 5.60 Å². The number of carbonyl (C=O) groups excluding carboxylic acids is 9. The zero-order chi connectivity index (χ0) is 62.9. The molecule has 5 aliphatic rings. The number of halogens is 1. The Hall–Kier alpha value is -7.40. The second-order valence-corrected chi connectivity index (χ2v) is 25.6. The Balaban J connectivity index is 0.948. The summed E-state index contributed by atoms with van der Waals surface area (Å²) in [6, 6.07) is -1.29. The molecule has 3 aliphatic heterocycles. The number of ether oxygens (including phenoxy) is 1. The van der Waals surface area contributed by atoms with Crippen molar-refractivity contribution >= 4 is 64.1 Å². The Labute approximate surface area is 500 Å². The fraction of sp³-hybridized carbons (Fsp3) is 0.603. The molecule has 0 saturated heterocycles. The molecule has 1 unspecified atom stereocenters. The van der Waals surface area contributed by atoms with Crippen LogP contribution in [0.1, 0.15) is 179 Å². The van der Waals surface area contributed by atoms with Gasteiger partial charge in [-0.3, -0.25) is 48.1 Å². The smallest absolute Gasteiger partial charge is 0.343 e. The number of esters is 1. The summed E-state index contributed by atoms with van der Waals surface area (Å²) in [7, 11) is 0. The summed E-state index contributed by atoms with van der Waals surface area (Å²) in [5.41, 5.74) is -0.922. The number of aliphatic hydroxyl groups is 2. The molecule has 466 valence electrons. The molecule has 0 bridgehead atoms. The molecule has 8 rings (SSSR count). The molecule has 22 nitrogen and oxygen atoms in total. The van der Waals surface area contributed by atoms with Crippen LogP contribution in [0.2, 0.25) is 0 Å². The Morgan fingerprint density at radius 1 is 0.884 bits per heavy atom. The third-order valence-electron chi connectivity index (χ3n) is 18.0. The van der Waals surface area contributed by atoms with Gasteiger partial charge in [0.05, 0.1) is 40.7 Å². The number of hydrogen-bond acceptors (Lipinski definition) is 14. The van der Waals surface area contributed by atoms with E-state index in [2.05, 4.69) is 26.6 Å². The normalized spacial score (nSPS) is 20.8. The number of benzene rings is 1. The number of carbonyl (C=O) groups is 9. The Kier molecular flexibility index (Phi) is 19.5. The first-order valence-electron chi connectivity index (χ1n) is 30.3. The van der Waals surface area contributed by atoms with Gasteiger partial charge in [0, 0.05) is 78.7 Å². The second kappa shape index (κ2) is 25.9. The molecule has 86 heavy (non-hydrogen) atoms. The molecular weight excluding hydrogens is 1110 g/mol. The highest BCUT2D eigenvalue weighted by Gasteiger charge is 2.46. The highest BCUT2D eigenvalue weighted by molar-refractivity contribution is 6.13. The number of imide groups is 1. The van der Waals surface area contributed by atoms with Gasteiger partial charge in [0.1, 0.15) is 30.5 Å². The first kappa shape index (κ1) is 64.6. The maximum Gasteiger partial charge on any atom is 0.343 e. The van der Waals surface area contributed by atoms with E-state index < -0.39 is 87.8 Å². The lowest BCUT2D eigenvalue weighted by Gasteiger charge is -2.39. The number of cyclic esters (lactones) is 1. The van der Waals surface area contributed by atoms with Gasteiger partial charge in [-0.05, 0) is 147 Å². The third-order valence-corrected chi connectivity index (χ3v) is 18.0. The molecule has 0 spiro atoms. The summed E-state index contributed by atoms with van der Waals surface area (Å²) in [6.07, 6.45) is 6.57. The largest absolute Gasteiger partial charge is 0.458 e. The molecule has 5 atom stereocenters. The molecule has 1 saturated carbocycles. The minimum absolute atomic E-state index is 0.00174. The molecule has 5 heterocycles. The van der Waals surface area contributed by atoms with Crippen molar-refractivity contribution in [3.63, 3.8) is 0 Å². The minimum Gasteiger partial charge on any atom is -0.458 e.